The molecule has 140 valence electrons. The molecular weight excluding hydrogens is 366 g/mol. The molecule has 3 heterocycles. The Bertz CT molecular complexity index is 974. The number of benzene rings is 1. The van der Waals surface area contributed by atoms with E-state index in [1.165, 1.54) is 0 Å². The summed E-state index contributed by atoms with van der Waals surface area (Å²) in [6.07, 6.45) is 4.10. The minimum atomic E-state index is 0.358. The van der Waals surface area contributed by atoms with Crippen LogP contribution in [0, 0.1) is 6.92 Å². The van der Waals surface area contributed by atoms with Crippen LogP contribution in [-0.2, 0) is 18.0 Å². The molecule has 0 saturated heterocycles. The van der Waals surface area contributed by atoms with Gasteiger partial charge in [-0.2, -0.15) is 4.98 Å². The summed E-state index contributed by atoms with van der Waals surface area (Å²) in [6.45, 7) is 2.82. The predicted molar refractivity (Wildman–Crippen MR) is 97.8 cm³/mol. The average molecular weight is 386 g/mol. The lowest BCUT2D eigenvalue weighted by Gasteiger charge is -2.26. The van der Waals surface area contributed by atoms with Crippen LogP contribution in [-0.4, -0.2) is 24.9 Å². The number of rotatable bonds is 2. The van der Waals surface area contributed by atoms with Crippen molar-refractivity contribution in [1.29, 1.82) is 0 Å². The smallest absolute Gasteiger partial charge is 0.223 e. The Morgan fingerprint density at radius 1 is 1.07 bits per heavy atom. The molecule has 7 nitrogen and oxygen atoms in total. The Hall–Kier alpha value is -2.25. The number of halogens is 1. The molecule has 0 atom stereocenters. The second-order valence-corrected chi connectivity index (χ2v) is 7.73. The van der Waals surface area contributed by atoms with E-state index in [1.807, 2.05) is 25.1 Å². The molecule has 0 N–H and O–H groups in total. The second kappa shape index (κ2) is 6.73. The first-order chi connectivity index (χ1) is 13.2. The Labute approximate surface area is 161 Å². The lowest BCUT2D eigenvalue weighted by molar-refractivity contribution is 0.105. The molecule has 0 amide bonds. The van der Waals surface area contributed by atoms with E-state index in [1.54, 1.807) is 0 Å². The molecule has 1 fully saturated rings. The first-order valence-corrected chi connectivity index (χ1v) is 9.68. The number of aromatic nitrogens is 5. The Kier molecular flexibility index (Phi) is 4.21. The van der Waals surface area contributed by atoms with Gasteiger partial charge in [-0.15, -0.1) is 10.2 Å². The van der Waals surface area contributed by atoms with E-state index in [0.717, 1.165) is 54.4 Å². The van der Waals surface area contributed by atoms with Gasteiger partial charge in [-0.25, -0.2) is 0 Å². The normalized spacial score (nSPS) is 22.1. The van der Waals surface area contributed by atoms with Crippen molar-refractivity contribution in [3.8, 4) is 5.69 Å². The number of aryl methyl sites for hydroxylation is 1. The summed E-state index contributed by atoms with van der Waals surface area (Å²) >= 11 is 6.18. The zero-order valence-corrected chi connectivity index (χ0v) is 15.8. The SMILES string of the molecule is Cc1nc([C@H]2CC[C@H](c3nnc4n3-c3ccc(Cl)cc3COC4)CC2)no1. The van der Waals surface area contributed by atoms with Crippen molar-refractivity contribution in [1.82, 2.24) is 24.9 Å². The van der Waals surface area contributed by atoms with Gasteiger partial charge < -0.3 is 9.26 Å². The van der Waals surface area contributed by atoms with Crippen molar-refractivity contribution in [2.75, 3.05) is 0 Å². The summed E-state index contributed by atoms with van der Waals surface area (Å²) in [4.78, 5) is 4.40. The maximum Gasteiger partial charge on any atom is 0.223 e. The van der Waals surface area contributed by atoms with Crippen LogP contribution < -0.4 is 0 Å². The fourth-order valence-corrected chi connectivity index (χ4v) is 4.38. The summed E-state index contributed by atoms with van der Waals surface area (Å²) < 4.78 is 13.1. The molecule has 1 aliphatic heterocycles. The topological polar surface area (TPSA) is 78.9 Å². The summed E-state index contributed by atoms with van der Waals surface area (Å²) in [6, 6.07) is 5.91. The van der Waals surface area contributed by atoms with Crippen LogP contribution in [0.25, 0.3) is 5.69 Å². The minimum Gasteiger partial charge on any atom is -0.369 e. The van der Waals surface area contributed by atoms with E-state index in [2.05, 4.69) is 24.9 Å². The molecule has 1 aromatic carbocycles. The molecule has 5 rings (SSSR count). The van der Waals surface area contributed by atoms with Gasteiger partial charge in [-0.3, -0.25) is 4.57 Å². The van der Waals surface area contributed by atoms with Crippen LogP contribution in [0.2, 0.25) is 5.02 Å². The van der Waals surface area contributed by atoms with Crippen molar-refractivity contribution in [3.05, 3.63) is 52.1 Å². The highest BCUT2D eigenvalue weighted by Gasteiger charge is 2.31. The van der Waals surface area contributed by atoms with Gasteiger partial charge in [0.15, 0.2) is 11.6 Å². The Balaban J connectivity index is 1.43. The standard InChI is InChI=1S/C19H20ClN5O2/c1-11-21-18(24-27-11)12-2-4-13(5-3-12)19-23-22-17-10-26-9-14-8-15(20)6-7-16(14)25(17)19/h6-8,12-13H,2-5,9-10H2,1H3/t12-,13-. The number of nitrogens with zero attached hydrogens (tertiary/aromatic N) is 5. The fraction of sp³-hybridized carbons (Fsp3) is 0.474. The molecule has 3 aromatic rings. The third kappa shape index (κ3) is 3.04. The van der Waals surface area contributed by atoms with Gasteiger partial charge in [-0.05, 0) is 43.9 Å². The average Bonchev–Trinajstić information content (AvgIpc) is 3.25. The van der Waals surface area contributed by atoms with Crippen LogP contribution in [0.15, 0.2) is 22.7 Å². The highest BCUT2D eigenvalue weighted by Crippen LogP contribution is 2.40. The van der Waals surface area contributed by atoms with Gasteiger partial charge in [0.2, 0.25) is 5.89 Å². The third-order valence-corrected chi connectivity index (χ3v) is 5.76. The molecule has 0 unspecified atom stereocenters. The zero-order chi connectivity index (χ0) is 18.4. The molecule has 2 aliphatic rings. The van der Waals surface area contributed by atoms with Crippen LogP contribution in [0.3, 0.4) is 0 Å². The minimum absolute atomic E-state index is 0.358. The van der Waals surface area contributed by atoms with Crippen LogP contribution in [0.5, 0.6) is 0 Å². The largest absolute Gasteiger partial charge is 0.369 e. The van der Waals surface area contributed by atoms with Gasteiger partial charge in [-0.1, -0.05) is 16.8 Å². The zero-order valence-electron chi connectivity index (χ0n) is 15.1. The monoisotopic (exact) mass is 385 g/mol. The van der Waals surface area contributed by atoms with Crippen molar-refractivity contribution in [2.45, 2.75) is 57.7 Å². The summed E-state index contributed by atoms with van der Waals surface area (Å²) in [7, 11) is 0. The summed E-state index contributed by atoms with van der Waals surface area (Å²) in [5.74, 6) is 4.05. The van der Waals surface area contributed by atoms with Crippen molar-refractivity contribution >= 4 is 11.6 Å². The van der Waals surface area contributed by atoms with E-state index in [0.29, 0.717) is 36.0 Å². The molecular formula is C19H20ClN5O2. The molecule has 0 radical (unpaired) electrons. The maximum atomic E-state index is 6.18. The second-order valence-electron chi connectivity index (χ2n) is 7.30. The maximum absolute atomic E-state index is 6.18. The van der Waals surface area contributed by atoms with Gasteiger partial charge in [0.25, 0.3) is 0 Å². The van der Waals surface area contributed by atoms with Gasteiger partial charge in [0, 0.05) is 29.3 Å². The molecule has 2 aromatic heterocycles. The molecule has 0 bridgehead atoms. The van der Waals surface area contributed by atoms with E-state index >= 15 is 0 Å². The lowest BCUT2D eigenvalue weighted by atomic mass is 9.81. The molecule has 1 saturated carbocycles. The van der Waals surface area contributed by atoms with Gasteiger partial charge in [0.1, 0.15) is 12.4 Å². The van der Waals surface area contributed by atoms with E-state index in [9.17, 15) is 0 Å². The van der Waals surface area contributed by atoms with Crippen molar-refractivity contribution in [2.24, 2.45) is 0 Å². The molecule has 8 heteroatoms. The highest BCUT2D eigenvalue weighted by molar-refractivity contribution is 6.30. The number of fused-ring (bicyclic) bond motifs is 3. The predicted octanol–water partition coefficient (Wildman–Crippen LogP) is 4.08. The van der Waals surface area contributed by atoms with E-state index in [4.69, 9.17) is 20.9 Å². The number of ether oxygens (including phenoxy) is 1. The quantitative estimate of drug-likeness (QED) is 0.661. The van der Waals surface area contributed by atoms with E-state index in [-0.39, 0.29) is 0 Å². The van der Waals surface area contributed by atoms with Crippen LogP contribution in [0.1, 0.15) is 66.4 Å². The lowest BCUT2D eigenvalue weighted by Crippen LogP contribution is -2.17. The molecule has 1 aliphatic carbocycles. The summed E-state index contributed by atoms with van der Waals surface area (Å²) in [5.41, 5.74) is 2.14. The van der Waals surface area contributed by atoms with Gasteiger partial charge >= 0.3 is 0 Å². The molecule has 0 spiro atoms. The summed E-state index contributed by atoms with van der Waals surface area (Å²) in [5, 5.41) is 13.8. The Morgan fingerprint density at radius 3 is 2.67 bits per heavy atom. The fourth-order valence-electron chi connectivity index (χ4n) is 4.18. The highest BCUT2D eigenvalue weighted by atomic mass is 35.5. The van der Waals surface area contributed by atoms with E-state index < -0.39 is 0 Å². The van der Waals surface area contributed by atoms with Crippen molar-refractivity contribution < 1.29 is 9.26 Å². The van der Waals surface area contributed by atoms with Crippen LogP contribution >= 0.6 is 11.6 Å². The number of hydrogen-bond donors (Lipinski definition) is 0. The Morgan fingerprint density at radius 2 is 1.89 bits per heavy atom. The first-order valence-electron chi connectivity index (χ1n) is 9.30. The van der Waals surface area contributed by atoms with Crippen molar-refractivity contribution in [3.63, 3.8) is 0 Å². The van der Waals surface area contributed by atoms with Crippen LogP contribution in [0.4, 0.5) is 0 Å². The first kappa shape index (κ1) is 16.9. The third-order valence-electron chi connectivity index (χ3n) is 5.53. The molecule has 27 heavy (non-hydrogen) atoms. The van der Waals surface area contributed by atoms with Gasteiger partial charge in [0.05, 0.1) is 12.3 Å². The number of hydrogen-bond acceptors (Lipinski definition) is 6.